The van der Waals surface area contributed by atoms with Gasteiger partial charge in [-0.25, -0.2) is 0 Å². The number of carbonyl (C=O) groups excluding carboxylic acids is 1. The predicted molar refractivity (Wildman–Crippen MR) is 95.9 cm³/mol. The van der Waals surface area contributed by atoms with Crippen molar-refractivity contribution in [3.63, 3.8) is 0 Å². The number of methoxy groups -OCH3 is 1. The molecular weight excluding hydrogens is 316 g/mol. The van der Waals surface area contributed by atoms with Crippen LogP contribution < -0.4 is 14.8 Å². The van der Waals surface area contributed by atoms with Crippen molar-refractivity contribution in [2.75, 3.05) is 20.3 Å². The van der Waals surface area contributed by atoms with Gasteiger partial charge in [-0.05, 0) is 61.6 Å². The van der Waals surface area contributed by atoms with Crippen LogP contribution in [0.4, 0.5) is 0 Å². The third-order valence-electron chi connectivity index (χ3n) is 4.43. The fourth-order valence-electron chi connectivity index (χ4n) is 3.00. The van der Waals surface area contributed by atoms with Crippen LogP contribution in [0, 0.1) is 5.92 Å². The van der Waals surface area contributed by atoms with E-state index in [0.29, 0.717) is 19.6 Å². The van der Waals surface area contributed by atoms with E-state index >= 15 is 0 Å². The van der Waals surface area contributed by atoms with Crippen LogP contribution >= 0.6 is 0 Å². The van der Waals surface area contributed by atoms with E-state index in [1.807, 2.05) is 42.6 Å². The molecule has 0 saturated heterocycles. The number of hydrogen-bond acceptors (Lipinski definition) is 4. The van der Waals surface area contributed by atoms with Gasteiger partial charge in [-0.3, -0.25) is 9.78 Å². The van der Waals surface area contributed by atoms with Crippen LogP contribution in [0.15, 0.2) is 42.6 Å². The molecule has 5 heteroatoms. The van der Waals surface area contributed by atoms with E-state index in [1.165, 1.54) is 0 Å². The zero-order chi connectivity index (χ0) is 17.5. The van der Waals surface area contributed by atoms with Gasteiger partial charge in [0, 0.05) is 18.4 Å². The number of nitrogens with zero attached hydrogens (tertiary/aromatic N) is 1. The zero-order valence-electron chi connectivity index (χ0n) is 14.5. The normalized spacial score (nSPS) is 15.8. The smallest absolute Gasteiger partial charge is 0.226 e. The second-order valence-corrected chi connectivity index (χ2v) is 6.25. The van der Waals surface area contributed by atoms with Crippen LogP contribution in [-0.2, 0) is 17.6 Å². The standard InChI is InChI=1S/C20H24N2O3/c1-24-18-8-9-19-15(13-18)12-16(14-25-19)20(23)22-11-5-3-7-17-6-2-4-10-21-17/h2,4,6,8-10,13,16H,3,5,7,11-12,14H2,1H3,(H,22,23)/t16-/m1/s1. The minimum absolute atomic E-state index is 0.0614. The quantitative estimate of drug-likeness (QED) is 0.788. The van der Waals surface area contributed by atoms with Gasteiger partial charge in [0.15, 0.2) is 0 Å². The summed E-state index contributed by atoms with van der Waals surface area (Å²) >= 11 is 0. The zero-order valence-corrected chi connectivity index (χ0v) is 14.5. The topological polar surface area (TPSA) is 60.5 Å². The molecule has 1 aromatic carbocycles. The van der Waals surface area contributed by atoms with Crippen molar-refractivity contribution in [1.29, 1.82) is 0 Å². The monoisotopic (exact) mass is 340 g/mol. The molecule has 1 aromatic heterocycles. The van der Waals surface area contributed by atoms with Crippen molar-refractivity contribution < 1.29 is 14.3 Å². The Bertz CT molecular complexity index is 703. The molecule has 0 fully saturated rings. The second-order valence-electron chi connectivity index (χ2n) is 6.25. The number of carbonyl (C=O) groups is 1. The highest BCUT2D eigenvalue weighted by Crippen LogP contribution is 2.30. The lowest BCUT2D eigenvalue weighted by atomic mass is 9.95. The van der Waals surface area contributed by atoms with Crippen LogP contribution in [0.3, 0.4) is 0 Å². The summed E-state index contributed by atoms with van der Waals surface area (Å²) in [7, 11) is 1.64. The third-order valence-corrected chi connectivity index (χ3v) is 4.43. The maximum absolute atomic E-state index is 12.4. The van der Waals surface area contributed by atoms with Gasteiger partial charge >= 0.3 is 0 Å². The average Bonchev–Trinajstić information content (AvgIpc) is 2.67. The van der Waals surface area contributed by atoms with Crippen molar-refractivity contribution in [3.8, 4) is 11.5 Å². The summed E-state index contributed by atoms with van der Waals surface area (Å²) in [5, 5.41) is 3.03. The molecule has 132 valence electrons. The Morgan fingerprint density at radius 3 is 3.04 bits per heavy atom. The Labute approximate surface area is 148 Å². The number of hydrogen-bond donors (Lipinski definition) is 1. The van der Waals surface area contributed by atoms with Crippen molar-refractivity contribution in [2.45, 2.75) is 25.7 Å². The summed E-state index contributed by atoms with van der Waals surface area (Å²) in [6.45, 7) is 1.12. The van der Waals surface area contributed by atoms with Gasteiger partial charge in [-0.1, -0.05) is 6.07 Å². The summed E-state index contributed by atoms with van der Waals surface area (Å²) in [6.07, 6.45) is 5.40. The van der Waals surface area contributed by atoms with E-state index in [0.717, 1.165) is 42.0 Å². The number of amides is 1. The van der Waals surface area contributed by atoms with E-state index < -0.39 is 0 Å². The molecule has 1 amide bonds. The maximum atomic E-state index is 12.4. The molecule has 0 saturated carbocycles. The van der Waals surface area contributed by atoms with Crippen LogP contribution in [-0.4, -0.2) is 31.2 Å². The first-order chi connectivity index (χ1) is 12.3. The van der Waals surface area contributed by atoms with Gasteiger partial charge in [0.25, 0.3) is 0 Å². The number of pyridine rings is 1. The lowest BCUT2D eigenvalue weighted by molar-refractivity contribution is -0.126. The lowest BCUT2D eigenvalue weighted by Crippen LogP contribution is -2.37. The van der Waals surface area contributed by atoms with E-state index in [-0.39, 0.29) is 11.8 Å². The van der Waals surface area contributed by atoms with Gasteiger partial charge in [0.1, 0.15) is 18.1 Å². The summed E-state index contributed by atoms with van der Waals surface area (Å²) in [5.74, 6) is 1.56. The Morgan fingerprint density at radius 1 is 1.32 bits per heavy atom. The third kappa shape index (κ3) is 4.72. The van der Waals surface area contributed by atoms with E-state index in [4.69, 9.17) is 9.47 Å². The molecule has 2 heterocycles. The minimum atomic E-state index is -0.143. The molecule has 1 aliphatic heterocycles. The molecule has 1 N–H and O–H groups in total. The van der Waals surface area contributed by atoms with Crippen LogP contribution in [0.5, 0.6) is 11.5 Å². The SMILES string of the molecule is COc1ccc2c(c1)C[C@@H](C(=O)NCCCCc1ccccn1)CO2. The van der Waals surface area contributed by atoms with Crippen LogP contribution in [0.25, 0.3) is 0 Å². The van der Waals surface area contributed by atoms with Crippen molar-refractivity contribution in [3.05, 3.63) is 53.9 Å². The summed E-state index contributed by atoms with van der Waals surface area (Å²) in [6, 6.07) is 11.7. The number of benzene rings is 1. The molecule has 0 bridgehead atoms. The van der Waals surface area contributed by atoms with Gasteiger partial charge in [0.2, 0.25) is 5.91 Å². The highest BCUT2D eigenvalue weighted by molar-refractivity contribution is 5.79. The first kappa shape index (κ1) is 17.3. The average molecular weight is 340 g/mol. The minimum Gasteiger partial charge on any atom is -0.497 e. The second kappa shape index (κ2) is 8.51. The molecular formula is C20H24N2O3. The highest BCUT2D eigenvalue weighted by Gasteiger charge is 2.26. The van der Waals surface area contributed by atoms with E-state index in [9.17, 15) is 4.79 Å². The number of aromatic nitrogens is 1. The Hall–Kier alpha value is -2.56. The first-order valence-corrected chi connectivity index (χ1v) is 8.73. The Kier molecular flexibility index (Phi) is 5.88. The van der Waals surface area contributed by atoms with Gasteiger partial charge < -0.3 is 14.8 Å². The molecule has 1 atom stereocenters. The molecule has 0 radical (unpaired) electrons. The Morgan fingerprint density at radius 2 is 2.24 bits per heavy atom. The predicted octanol–water partition coefficient (Wildman–Crippen LogP) is 2.78. The number of aryl methyl sites for hydroxylation is 1. The molecule has 3 rings (SSSR count). The summed E-state index contributed by atoms with van der Waals surface area (Å²) < 4.78 is 11.0. The summed E-state index contributed by atoms with van der Waals surface area (Å²) in [5.41, 5.74) is 2.13. The Balaban J connectivity index is 1.41. The van der Waals surface area contributed by atoms with Crippen molar-refractivity contribution in [2.24, 2.45) is 5.92 Å². The molecule has 25 heavy (non-hydrogen) atoms. The molecule has 0 spiro atoms. The molecule has 1 aliphatic rings. The van der Waals surface area contributed by atoms with Crippen molar-refractivity contribution >= 4 is 5.91 Å². The fraction of sp³-hybridized carbons (Fsp3) is 0.400. The molecule has 0 aliphatic carbocycles. The van der Waals surface area contributed by atoms with Gasteiger partial charge in [-0.15, -0.1) is 0 Å². The highest BCUT2D eigenvalue weighted by atomic mass is 16.5. The van der Waals surface area contributed by atoms with Crippen LogP contribution in [0.2, 0.25) is 0 Å². The van der Waals surface area contributed by atoms with Crippen molar-refractivity contribution in [1.82, 2.24) is 10.3 Å². The van der Waals surface area contributed by atoms with Gasteiger partial charge in [-0.2, -0.15) is 0 Å². The number of fused-ring (bicyclic) bond motifs is 1. The number of ether oxygens (including phenoxy) is 2. The molecule has 0 unspecified atom stereocenters. The largest absolute Gasteiger partial charge is 0.497 e. The number of rotatable bonds is 7. The van der Waals surface area contributed by atoms with Gasteiger partial charge in [0.05, 0.1) is 13.0 Å². The first-order valence-electron chi connectivity index (χ1n) is 8.73. The fourth-order valence-corrected chi connectivity index (χ4v) is 3.00. The maximum Gasteiger partial charge on any atom is 0.226 e. The number of unbranched alkanes of at least 4 members (excludes halogenated alkanes) is 1. The van der Waals surface area contributed by atoms with E-state index in [1.54, 1.807) is 7.11 Å². The van der Waals surface area contributed by atoms with Crippen LogP contribution in [0.1, 0.15) is 24.1 Å². The molecule has 5 nitrogen and oxygen atoms in total. The van der Waals surface area contributed by atoms with E-state index in [2.05, 4.69) is 10.3 Å². The summed E-state index contributed by atoms with van der Waals surface area (Å²) in [4.78, 5) is 16.7. The molecule has 2 aromatic rings. The lowest BCUT2D eigenvalue weighted by Gasteiger charge is -2.25. The number of nitrogens with one attached hydrogen (secondary N) is 1.